The van der Waals surface area contributed by atoms with Crippen LogP contribution >= 0.6 is 7.82 Å². The van der Waals surface area contributed by atoms with Crippen molar-refractivity contribution in [2.75, 3.05) is 26.4 Å². The average molecular weight is 847 g/mol. The third-order valence-electron chi connectivity index (χ3n) is 10.7. The van der Waals surface area contributed by atoms with Gasteiger partial charge in [0, 0.05) is 12.8 Å². The maximum Gasteiger partial charge on any atom is 0.472 e. The molecule has 1 unspecified atom stereocenters. The zero-order valence-corrected chi connectivity index (χ0v) is 38.4. The lowest BCUT2D eigenvalue weighted by Crippen LogP contribution is -2.29. The number of carbonyl (C=O) groups excluding carboxylic acids is 2. The van der Waals surface area contributed by atoms with E-state index < -0.39 is 51.8 Å². The van der Waals surface area contributed by atoms with Crippen molar-refractivity contribution in [1.29, 1.82) is 0 Å². The van der Waals surface area contributed by atoms with Crippen molar-refractivity contribution in [3.8, 4) is 0 Å². The number of esters is 2. The van der Waals surface area contributed by atoms with Crippen molar-refractivity contribution in [3.05, 3.63) is 12.2 Å². The van der Waals surface area contributed by atoms with Gasteiger partial charge in [0.2, 0.25) is 0 Å². The van der Waals surface area contributed by atoms with Crippen molar-refractivity contribution >= 4 is 19.8 Å². The van der Waals surface area contributed by atoms with E-state index in [2.05, 4.69) is 26.0 Å². The maximum atomic E-state index is 12.6. The van der Waals surface area contributed by atoms with Gasteiger partial charge in [-0.2, -0.15) is 0 Å². The Balaban J connectivity index is 4.13. The van der Waals surface area contributed by atoms with Crippen LogP contribution in [-0.4, -0.2) is 65.7 Å². The lowest BCUT2D eigenvalue weighted by atomic mass is 10.0. The Morgan fingerprint density at radius 1 is 0.500 bits per heavy atom. The molecule has 0 aliphatic carbocycles. The van der Waals surface area contributed by atoms with Crippen molar-refractivity contribution in [2.45, 2.75) is 251 Å². The molecule has 3 N–H and O–H groups in total. The summed E-state index contributed by atoms with van der Waals surface area (Å²) in [6.07, 6.45) is 43.4. The van der Waals surface area contributed by atoms with Gasteiger partial charge in [-0.25, -0.2) is 4.57 Å². The number of allylic oxidation sites excluding steroid dienone is 2. The van der Waals surface area contributed by atoms with Gasteiger partial charge < -0.3 is 24.6 Å². The Labute approximate surface area is 356 Å². The monoisotopic (exact) mass is 847 g/mol. The van der Waals surface area contributed by atoms with E-state index in [1.807, 2.05) is 0 Å². The minimum Gasteiger partial charge on any atom is -0.462 e. The van der Waals surface area contributed by atoms with E-state index in [-0.39, 0.29) is 19.4 Å². The normalized spacial score (nSPS) is 13.8. The lowest BCUT2D eigenvalue weighted by molar-refractivity contribution is -0.161. The minimum atomic E-state index is -4.62. The van der Waals surface area contributed by atoms with E-state index in [1.54, 1.807) is 0 Å². The number of rotatable bonds is 46. The van der Waals surface area contributed by atoms with Crippen LogP contribution in [0.2, 0.25) is 0 Å². The average Bonchev–Trinajstić information content (AvgIpc) is 3.21. The number of unbranched alkanes of at least 4 members (excludes halogenated alkanes) is 30. The Kier molecular flexibility index (Phi) is 42.8. The Morgan fingerprint density at radius 3 is 1.29 bits per heavy atom. The second kappa shape index (κ2) is 43.8. The number of phosphoric ester groups is 1. The molecule has 11 heteroatoms. The molecule has 0 aromatic carbocycles. The molecule has 344 valence electrons. The highest BCUT2D eigenvalue weighted by atomic mass is 31.2. The molecule has 0 saturated heterocycles. The van der Waals surface area contributed by atoms with Gasteiger partial charge in [-0.15, -0.1) is 0 Å². The fourth-order valence-electron chi connectivity index (χ4n) is 6.94. The predicted octanol–water partition coefficient (Wildman–Crippen LogP) is 13.2. The third kappa shape index (κ3) is 42.8. The molecule has 0 aromatic rings. The van der Waals surface area contributed by atoms with Crippen LogP contribution in [0.5, 0.6) is 0 Å². The van der Waals surface area contributed by atoms with Gasteiger partial charge in [0.15, 0.2) is 6.10 Å². The first-order valence-electron chi connectivity index (χ1n) is 24.1. The van der Waals surface area contributed by atoms with Crippen LogP contribution in [0.15, 0.2) is 12.2 Å². The summed E-state index contributed by atoms with van der Waals surface area (Å²) in [6, 6.07) is 0. The molecule has 0 rings (SSSR count). The van der Waals surface area contributed by atoms with Gasteiger partial charge in [-0.3, -0.25) is 18.6 Å². The van der Waals surface area contributed by atoms with Crippen LogP contribution in [0.3, 0.4) is 0 Å². The van der Waals surface area contributed by atoms with Gasteiger partial charge in [0.05, 0.1) is 19.8 Å². The topological polar surface area (TPSA) is 149 Å². The first-order valence-corrected chi connectivity index (χ1v) is 25.6. The molecule has 0 spiro atoms. The van der Waals surface area contributed by atoms with Crippen LogP contribution in [0, 0.1) is 0 Å². The van der Waals surface area contributed by atoms with Gasteiger partial charge in [-0.1, -0.05) is 206 Å². The van der Waals surface area contributed by atoms with Gasteiger partial charge in [-0.05, 0) is 32.1 Å². The Hall–Kier alpha value is -1.29. The smallest absolute Gasteiger partial charge is 0.462 e. The summed E-state index contributed by atoms with van der Waals surface area (Å²) >= 11 is 0. The summed E-state index contributed by atoms with van der Waals surface area (Å²) in [5, 5.41) is 18.3. The fourth-order valence-corrected chi connectivity index (χ4v) is 7.73. The molecule has 0 radical (unpaired) electrons. The van der Waals surface area contributed by atoms with Crippen LogP contribution in [0.4, 0.5) is 0 Å². The first-order chi connectivity index (χ1) is 28.2. The number of hydrogen-bond donors (Lipinski definition) is 3. The highest BCUT2D eigenvalue weighted by molar-refractivity contribution is 7.47. The predicted molar refractivity (Wildman–Crippen MR) is 238 cm³/mol. The minimum absolute atomic E-state index is 0.184. The van der Waals surface area contributed by atoms with Crippen molar-refractivity contribution in [3.63, 3.8) is 0 Å². The summed E-state index contributed by atoms with van der Waals surface area (Å²) in [5.74, 6) is -0.950. The van der Waals surface area contributed by atoms with E-state index >= 15 is 0 Å². The summed E-state index contributed by atoms with van der Waals surface area (Å²) in [6.45, 7) is 2.39. The molecular weight excluding hydrogens is 755 g/mol. The molecule has 3 atom stereocenters. The molecule has 0 fully saturated rings. The van der Waals surface area contributed by atoms with Crippen LogP contribution in [0.25, 0.3) is 0 Å². The molecule has 58 heavy (non-hydrogen) atoms. The van der Waals surface area contributed by atoms with E-state index in [0.29, 0.717) is 12.8 Å². The van der Waals surface area contributed by atoms with Crippen molar-refractivity contribution in [1.82, 2.24) is 0 Å². The zero-order valence-electron chi connectivity index (χ0n) is 37.5. The molecule has 0 aromatic heterocycles. The van der Waals surface area contributed by atoms with Gasteiger partial charge in [0.25, 0.3) is 0 Å². The van der Waals surface area contributed by atoms with Crippen LogP contribution < -0.4 is 0 Å². The summed E-state index contributed by atoms with van der Waals surface area (Å²) in [4.78, 5) is 35.0. The largest absolute Gasteiger partial charge is 0.472 e. The van der Waals surface area contributed by atoms with Crippen LogP contribution in [0.1, 0.15) is 239 Å². The van der Waals surface area contributed by atoms with Gasteiger partial charge in [0.1, 0.15) is 12.7 Å². The molecule has 0 heterocycles. The van der Waals surface area contributed by atoms with E-state index in [9.17, 15) is 24.2 Å². The first kappa shape index (κ1) is 56.7. The molecular formula is C47H91O10P. The molecule has 10 nitrogen and oxygen atoms in total. The Bertz CT molecular complexity index is 977. The summed E-state index contributed by atoms with van der Waals surface area (Å²) < 4.78 is 32.7. The molecule has 0 bridgehead atoms. The molecule has 0 aliphatic rings. The molecule has 0 saturated carbocycles. The molecule has 0 amide bonds. The number of aliphatic hydroxyl groups excluding tert-OH is 2. The molecule has 0 aliphatic heterocycles. The van der Waals surface area contributed by atoms with Crippen LogP contribution in [-0.2, 0) is 32.7 Å². The zero-order chi connectivity index (χ0) is 42.6. The lowest BCUT2D eigenvalue weighted by Gasteiger charge is -2.20. The quantitative estimate of drug-likeness (QED) is 0.0234. The van der Waals surface area contributed by atoms with E-state index in [4.69, 9.17) is 23.6 Å². The number of carbonyl (C=O) groups is 2. The number of hydrogen-bond acceptors (Lipinski definition) is 9. The number of ether oxygens (including phenoxy) is 2. The second-order valence-electron chi connectivity index (χ2n) is 16.5. The summed E-state index contributed by atoms with van der Waals surface area (Å²) in [7, 11) is -4.62. The second-order valence-corrected chi connectivity index (χ2v) is 17.9. The fraction of sp³-hybridized carbons (Fsp3) is 0.915. The summed E-state index contributed by atoms with van der Waals surface area (Å²) in [5.41, 5.74) is 0. The van der Waals surface area contributed by atoms with Crippen molar-refractivity contribution in [2.24, 2.45) is 0 Å². The highest BCUT2D eigenvalue weighted by Crippen LogP contribution is 2.43. The maximum absolute atomic E-state index is 12.6. The van der Waals surface area contributed by atoms with Crippen molar-refractivity contribution < 1.29 is 47.8 Å². The Morgan fingerprint density at radius 2 is 0.862 bits per heavy atom. The SMILES string of the molecule is CCCCCCCCCCCCCCCCCCCC/C=C/CCCC(=O)OC[C@@H](COP(=O)(O)OC[C@H](O)CO)OC(=O)CCCCCCCCCCCCCC. The van der Waals surface area contributed by atoms with Gasteiger partial charge >= 0.3 is 19.8 Å². The highest BCUT2D eigenvalue weighted by Gasteiger charge is 2.27. The standard InChI is InChI=1S/C47H91O10P/c1-3-5-7-9-11-13-15-17-18-19-20-21-22-23-24-25-26-27-29-30-32-34-36-38-46(50)54-42-45(43-56-58(52,53)55-41-44(49)40-48)57-47(51)39-37-35-33-31-28-16-14-12-10-8-6-4-2/h30,32,44-45,48-49H,3-29,31,33-43H2,1-2H3,(H,52,53)/b32-30+/t44-,45+/m1/s1. The number of aliphatic hydroxyl groups is 2. The van der Waals surface area contributed by atoms with E-state index in [0.717, 1.165) is 32.1 Å². The number of phosphoric acid groups is 1. The third-order valence-corrected chi connectivity index (χ3v) is 11.6. The van der Waals surface area contributed by atoms with E-state index in [1.165, 1.54) is 167 Å².